The van der Waals surface area contributed by atoms with Crippen LogP contribution in [0, 0.1) is 0 Å². The van der Waals surface area contributed by atoms with Crippen molar-refractivity contribution in [2.24, 2.45) is 0 Å². The van der Waals surface area contributed by atoms with Gasteiger partial charge in [-0.3, -0.25) is 4.79 Å². The number of nitrogens with zero attached hydrogens (tertiary/aromatic N) is 4. The van der Waals surface area contributed by atoms with Gasteiger partial charge in [-0.1, -0.05) is 30.0 Å². The zero-order valence-corrected chi connectivity index (χ0v) is 20.8. The van der Waals surface area contributed by atoms with E-state index in [9.17, 15) is 4.79 Å². The quantitative estimate of drug-likeness (QED) is 0.363. The fourth-order valence-electron chi connectivity index (χ4n) is 3.76. The molecule has 0 radical (unpaired) electrons. The molecule has 1 N–H and O–H groups in total. The number of hydrogen-bond donors (Lipinski definition) is 1. The molecule has 0 spiro atoms. The smallest absolute Gasteiger partial charge is 0.259 e. The number of carbonyl (C=O) groups is 1. The Morgan fingerprint density at radius 2 is 2.06 bits per heavy atom. The lowest BCUT2D eigenvalue weighted by atomic mass is 10.1. The van der Waals surface area contributed by atoms with Crippen molar-refractivity contribution in [2.45, 2.75) is 24.2 Å². The Hall–Kier alpha value is -2.62. The maximum absolute atomic E-state index is 13.2. The van der Waals surface area contributed by atoms with Gasteiger partial charge in [0, 0.05) is 44.2 Å². The number of thiophene rings is 1. The van der Waals surface area contributed by atoms with Crippen LogP contribution < -0.4 is 15.0 Å². The number of amides is 1. The van der Waals surface area contributed by atoms with Gasteiger partial charge in [0.2, 0.25) is 0 Å². The van der Waals surface area contributed by atoms with Gasteiger partial charge >= 0.3 is 0 Å². The molecule has 3 aromatic rings. The van der Waals surface area contributed by atoms with Crippen LogP contribution in [-0.2, 0) is 6.54 Å². The molecule has 1 aromatic carbocycles. The summed E-state index contributed by atoms with van der Waals surface area (Å²) in [6.07, 6.45) is 4.50. The molecule has 0 saturated carbocycles. The molecule has 0 aliphatic carbocycles. The highest BCUT2D eigenvalue weighted by molar-refractivity contribution is 7.98. The van der Waals surface area contributed by atoms with Crippen LogP contribution in [0.3, 0.4) is 0 Å². The highest BCUT2D eigenvalue weighted by Crippen LogP contribution is 2.29. The number of ether oxygens (including phenoxy) is 1. The Morgan fingerprint density at radius 3 is 2.76 bits per heavy atom. The second-order valence-electron chi connectivity index (χ2n) is 7.90. The van der Waals surface area contributed by atoms with E-state index in [2.05, 4.69) is 32.8 Å². The highest BCUT2D eigenvalue weighted by Gasteiger charge is 2.27. The molecule has 33 heavy (non-hydrogen) atoms. The third-order valence-electron chi connectivity index (χ3n) is 5.61. The number of nitrogens with one attached hydrogen (secondary N) is 1. The molecule has 3 heterocycles. The van der Waals surface area contributed by atoms with Gasteiger partial charge in [-0.05, 0) is 49.0 Å². The first kappa shape index (κ1) is 23.5. The van der Waals surface area contributed by atoms with Crippen molar-refractivity contribution in [3.63, 3.8) is 0 Å². The van der Waals surface area contributed by atoms with Crippen LogP contribution in [0.4, 0.5) is 5.82 Å². The molecule has 1 aliphatic rings. The molecule has 9 heteroatoms. The third kappa shape index (κ3) is 5.66. The van der Waals surface area contributed by atoms with E-state index in [1.54, 1.807) is 17.5 Å². The Bertz CT molecular complexity index is 1060. The topological polar surface area (TPSA) is 70.6 Å². The standard InChI is InChI=1S/C24H29N5O2S2/c1-25-11-10-20(21-5-4-14-33-21)31-18-8-6-17(7-9-18)16-29-13-12-28(2)22-19(23(29)30)15-26-24(27-22)32-3/h4-9,14-15,20,25H,10-13,16H2,1-3H3/t20-/m1/s1. The minimum atomic E-state index is -0.0350. The van der Waals surface area contributed by atoms with Crippen LogP contribution in [0.15, 0.2) is 53.1 Å². The van der Waals surface area contributed by atoms with E-state index in [4.69, 9.17) is 4.74 Å². The molecule has 1 atom stereocenters. The average Bonchev–Trinajstić information content (AvgIpc) is 3.35. The molecule has 0 saturated heterocycles. The number of carbonyl (C=O) groups excluding carboxylic acids is 1. The van der Waals surface area contributed by atoms with Crippen LogP contribution >= 0.6 is 23.1 Å². The van der Waals surface area contributed by atoms with E-state index >= 15 is 0 Å². The number of rotatable bonds is 9. The number of hydrogen-bond acceptors (Lipinski definition) is 8. The van der Waals surface area contributed by atoms with E-state index in [0.717, 1.165) is 30.8 Å². The summed E-state index contributed by atoms with van der Waals surface area (Å²) >= 11 is 3.19. The number of likely N-dealkylation sites (N-methyl/N-ethyl adjacent to an activating group) is 1. The summed E-state index contributed by atoms with van der Waals surface area (Å²) in [5.41, 5.74) is 1.61. The van der Waals surface area contributed by atoms with Crippen LogP contribution in [-0.4, -0.2) is 60.8 Å². The molecule has 1 amide bonds. The Balaban J connectivity index is 1.45. The van der Waals surface area contributed by atoms with Crippen LogP contribution in [0.5, 0.6) is 5.75 Å². The molecule has 0 fully saturated rings. The summed E-state index contributed by atoms with van der Waals surface area (Å²) in [5, 5.41) is 5.95. The molecule has 2 aromatic heterocycles. The first-order chi connectivity index (χ1) is 16.1. The highest BCUT2D eigenvalue weighted by atomic mass is 32.2. The molecule has 174 valence electrons. The van der Waals surface area contributed by atoms with E-state index in [1.165, 1.54) is 16.6 Å². The van der Waals surface area contributed by atoms with Gasteiger partial charge in [0.1, 0.15) is 23.2 Å². The van der Waals surface area contributed by atoms with E-state index < -0.39 is 0 Å². The summed E-state index contributed by atoms with van der Waals surface area (Å²) < 4.78 is 6.29. The SMILES string of the molecule is CNCC[C@@H](Oc1ccc(CN2CCN(C)c3nc(SC)ncc3C2=O)cc1)c1cccs1. The average molecular weight is 484 g/mol. The molecule has 4 rings (SSSR count). The fraction of sp³-hybridized carbons (Fsp3) is 0.375. The summed E-state index contributed by atoms with van der Waals surface area (Å²) in [7, 11) is 3.92. The van der Waals surface area contributed by atoms with E-state index in [1.807, 2.05) is 54.4 Å². The fourth-order valence-corrected chi connectivity index (χ4v) is 4.89. The van der Waals surface area contributed by atoms with Gasteiger partial charge in [0.05, 0.1) is 0 Å². The van der Waals surface area contributed by atoms with Crippen molar-refractivity contribution in [1.82, 2.24) is 20.2 Å². The molecular weight excluding hydrogens is 454 g/mol. The van der Waals surface area contributed by atoms with E-state index in [0.29, 0.717) is 29.6 Å². The molecular formula is C24H29N5O2S2. The number of anilines is 1. The number of thioether (sulfide) groups is 1. The van der Waals surface area contributed by atoms with Gasteiger partial charge in [0.15, 0.2) is 5.16 Å². The number of aromatic nitrogens is 2. The van der Waals surface area contributed by atoms with Gasteiger partial charge in [-0.2, -0.15) is 0 Å². The van der Waals surface area contributed by atoms with Crippen molar-refractivity contribution in [1.29, 1.82) is 0 Å². The Labute approximate surface area is 203 Å². The first-order valence-corrected chi connectivity index (χ1v) is 13.0. The zero-order chi connectivity index (χ0) is 23.2. The van der Waals surface area contributed by atoms with Gasteiger partial charge in [0.25, 0.3) is 5.91 Å². The lowest BCUT2D eigenvalue weighted by Crippen LogP contribution is -2.33. The molecule has 7 nitrogen and oxygen atoms in total. The van der Waals surface area contributed by atoms with Crippen LogP contribution in [0.25, 0.3) is 0 Å². The lowest BCUT2D eigenvalue weighted by molar-refractivity contribution is 0.0754. The number of benzene rings is 1. The van der Waals surface area contributed by atoms with Crippen molar-refractivity contribution in [3.8, 4) is 5.75 Å². The zero-order valence-electron chi connectivity index (χ0n) is 19.2. The summed E-state index contributed by atoms with van der Waals surface area (Å²) in [4.78, 5) is 27.2. The Kier molecular flexibility index (Phi) is 7.85. The van der Waals surface area contributed by atoms with Crippen molar-refractivity contribution >= 4 is 34.8 Å². The number of fused-ring (bicyclic) bond motifs is 1. The molecule has 0 bridgehead atoms. The first-order valence-electron chi connectivity index (χ1n) is 10.9. The van der Waals surface area contributed by atoms with Crippen molar-refractivity contribution in [2.75, 3.05) is 44.9 Å². The van der Waals surface area contributed by atoms with Crippen LogP contribution in [0.2, 0.25) is 0 Å². The normalized spacial score (nSPS) is 14.7. The third-order valence-corrected chi connectivity index (χ3v) is 7.13. The molecule has 1 aliphatic heterocycles. The van der Waals surface area contributed by atoms with Gasteiger partial charge < -0.3 is 19.9 Å². The van der Waals surface area contributed by atoms with Crippen LogP contribution in [0.1, 0.15) is 33.3 Å². The summed E-state index contributed by atoms with van der Waals surface area (Å²) in [5.74, 6) is 1.50. The van der Waals surface area contributed by atoms with Gasteiger partial charge in [-0.25, -0.2) is 9.97 Å². The predicted octanol–water partition coefficient (Wildman–Crippen LogP) is 4.08. The second-order valence-corrected chi connectivity index (χ2v) is 9.65. The van der Waals surface area contributed by atoms with E-state index in [-0.39, 0.29) is 12.0 Å². The maximum Gasteiger partial charge on any atom is 0.259 e. The summed E-state index contributed by atoms with van der Waals surface area (Å²) in [6.45, 7) is 2.77. The minimum Gasteiger partial charge on any atom is -0.485 e. The van der Waals surface area contributed by atoms with Gasteiger partial charge in [-0.15, -0.1) is 11.3 Å². The largest absolute Gasteiger partial charge is 0.485 e. The maximum atomic E-state index is 13.2. The second kappa shape index (κ2) is 11.0. The monoisotopic (exact) mass is 483 g/mol. The summed E-state index contributed by atoms with van der Waals surface area (Å²) in [6, 6.07) is 12.2. The lowest BCUT2D eigenvalue weighted by Gasteiger charge is -2.22. The predicted molar refractivity (Wildman–Crippen MR) is 134 cm³/mol. The minimum absolute atomic E-state index is 0.0219. The molecule has 0 unspecified atom stereocenters. The Morgan fingerprint density at radius 1 is 1.24 bits per heavy atom. The van der Waals surface area contributed by atoms with Crippen molar-refractivity contribution in [3.05, 3.63) is 64.0 Å². The van der Waals surface area contributed by atoms with Crippen molar-refractivity contribution < 1.29 is 9.53 Å².